The molecule has 0 aliphatic carbocycles. The van der Waals surface area contributed by atoms with Crippen molar-refractivity contribution in [1.29, 1.82) is 0 Å². The fraction of sp³-hybridized carbons (Fsp3) is 0.400. The van der Waals surface area contributed by atoms with E-state index in [1.807, 2.05) is 49.4 Å². The van der Waals surface area contributed by atoms with Gasteiger partial charge in [-0.2, -0.15) is 0 Å². The lowest BCUT2D eigenvalue weighted by Crippen LogP contribution is -2.40. The van der Waals surface area contributed by atoms with Crippen LogP contribution in [0.2, 0.25) is 0 Å². The lowest BCUT2D eigenvalue weighted by atomic mass is 9.89. The number of amides is 1. The fourth-order valence-electron chi connectivity index (χ4n) is 3.26. The number of nitrogens with one attached hydrogen (secondary N) is 1. The van der Waals surface area contributed by atoms with Gasteiger partial charge < -0.3 is 10.4 Å². The van der Waals surface area contributed by atoms with Crippen LogP contribution in [-0.2, 0) is 4.79 Å². The van der Waals surface area contributed by atoms with Gasteiger partial charge in [-0.05, 0) is 63.0 Å². The average Bonchev–Trinajstić information content (AvgIpc) is 2.64. The predicted molar refractivity (Wildman–Crippen MR) is 98.2 cm³/mol. The zero-order valence-electron chi connectivity index (χ0n) is 14.6. The standard InChI is InChI=1S/C20H25N3O2/c1-15-5-7-17(8-6-15)22-19(24)14-23-12-9-16(10-13-23)20(25)18-4-2-3-11-21-18/h2-8,11,16,20,25H,9-10,12-14H2,1H3,(H,22,24)/t20-/m0/s1. The SMILES string of the molecule is Cc1ccc(NC(=O)CN2CCC([C@H](O)c3ccccn3)CC2)cc1. The Morgan fingerprint density at radius 2 is 1.96 bits per heavy atom. The number of aromatic nitrogens is 1. The monoisotopic (exact) mass is 339 g/mol. The Labute approximate surface area is 148 Å². The van der Waals surface area contributed by atoms with Crippen LogP contribution in [0, 0.1) is 12.8 Å². The quantitative estimate of drug-likeness (QED) is 0.879. The summed E-state index contributed by atoms with van der Waals surface area (Å²) in [5.74, 6) is 0.207. The summed E-state index contributed by atoms with van der Waals surface area (Å²) in [6, 6.07) is 13.4. The van der Waals surface area contributed by atoms with Gasteiger partial charge in [-0.1, -0.05) is 23.8 Å². The number of nitrogens with zero attached hydrogens (tertiary/aromatic N) is 2. The summed E-state index contributed by atoms with van der Waals surface area (Å²) < 4.78 is 0. The number of anilines is 1. The van der Waals surface area contributed by atoms with Gasteiger partial charge >= 0.3 is 0 Å². The molecule has 5 nitrogen and oxygen atoms in total. The molecular formula is C20H25N3O2. The summed E-state index contributed by atoms with van der Waals surface area (Å²) in [5.41, 5.74) is 2.74. The second-order valence-corrected chi connectivity index (χ2v) is 6.73. The predicted octanol–water partition coefficient (Wildman–Crippen LogP) is 2.77. The van der Waals surface area contributed by atoms with Gasteiger partial charge in [-0.15, -0.1) is 0 Å². The molecule has 0 bridgehead atoms. The van der Waals surface area contributed by atoms with Crippen molar-refractivity contribution in [3.63, 3.8) is 0 Å². The van der Waals surface area contributed by atoms with E-state index in [4.69, 9.17) is 0 Å². The minimum absolute atomic E-state index is 0.00702. The molecule has 2 heterocycles. The molecule has 3 rings (SSSR count). The van der Waals surface area contributed by atoms with E-state index in [-0.39, 0.29) is 11.8 Å². The Balaban J connectivity index is 1.46. The van der Waals surface area contributed by atoms with Gasteiger partial charge in [0.1, 0.15) is 0 Å². The van der Waals surface area contributed by atoms with Gasteiger partial charge in [-0.25, -0.2) is 0 Å². The lowest BCUT2D eigenvalue weighted by Gasteiger charge is -2.33. The van der Waals surface area contributed by atoms with Crippen molar-refractivity contribution >= 4 is 11.6 Å². The third kappa shape index (κ3) is 4.87. The van der Waals surface area contributed by atoms with E-state index in [0.29, 0.717) is 6.54 Å². The van der Waals surface area contributed by atoms with Crippen LogP contribution >= 0.6 is 0 Å². The van der Waals surface area contributed by atoms with Crippen LogP contribution in [-0.4, -0.2) is 40.5 Å². The molecule has 1 aromatic carbocycles. The molecule has 1 saturated heterocycles. The highest BCUT2D eigenvalue weighted by Gasteiger charge is 2.27. The van der Waals surface area contributed by atoms with E-state index in [1.165, 1.54) is 5.56 Å². The number of rotatable bonds is 5. The molecule has 0 spiro atoms. The number of aliphatic hydroxyl groups excluding tert-OH is 1. The summed E-state index contributed by atoms with van der Waals surface area (Å²) in [4.78, 5) is 18.6. The Bertz CT molecular complexity index is 680. The van der Waals surface area contributed by atoms with Gasteiger partial charge in [0.25, 0.3) is 0 Å². The number of hydrogen-bond acceptors (Lipinski definition) is 4. The molecule has 1 aliphatic heterocycles. The van der Waals surface area contributed by atoms with E-state index in [9.17, 15) is 9.90 Å². The maximum absolute atomic E-state index is 12.2. The van der Waals surface area contributed by atoms with E-state index in [0.717, 1.165) is 37.3 Å². The second-order valence-electron chi connectivity index (χ2n) is 6.73. The number of carbonyl (C=O) groups is 1. The lowest BCUT2D eigenvalue weighted by molar-refractivity contribution is -0.117. The molecule has 132 valence electrons. The molecule has 2 aromatic rings. The number of benzene rings is 1. The summed E-state index contributed by atoms with van der Waals surface area (Å²) in [6.45, 7) is 4.04. The van der Waals surface area contributed by atoms with E-state index >= 15 is 0 Å². The van der Waals surface area contributed by atoms with Crippen molar-refractivity contribution in [3.05, 3.63) is 59.9 Å². The Kier molecular flexibility index (Phi) is 5.79. The topological polar surface area (TPSA) is 65.5 Å². The normalized spacial score (nSPS) is 17.2. The highest BCUT2D eigenvalue weighted by Crippen LogP contribution is 2.29. The van der Waals surface area contributed by atoms with Gasteiger partial charge in [0.05, 0.1) is 18.3 Å². The fourth-order valence-corrected chi connectivity index (χ4v) is 3.26. The molecule has 0 unspecified atom stereocenters. The maximum Gasteiger partial charge on any atom is 0.238 e. The second kappa shape index (κ2) is 8.23. The number of hydrogen-bond donors (Lipinski definition) is 2. The Morgan fingerprint density at radius 3 is 2.60 bits per heavy atom. The first-order chi connectivity index (χ1) is 12.1. The first kappa shape index (κ1) is 17.6. The van der Waals surface area contributed by atoms with Crippen molar-refractivity contribution in [2.24, 2.45) is 5.92 Å². The first-order valence-electron chi connectivity index (χ1n) is 8.79. The minimum atomic E-state index is -0.523. The van der Waals surface area contributed by atoms with Crippen LogP contribution in [0.4, 0.5) is 5.69 Å². The molecule has 1 amide bonds. The third-order valence-electron chi connectivity index (χ3n) is 4.77. The summed E-state index contributed by atoms with van der Waals surface area (Å²) >= 11 is 0. The minimum Gasteiger partial charge on any atom is -0.387 e. The molecular weight excluding hydrogens is 314 g/mol. The molecule has 5 heteroatoms. The van der Waals surface area contributed by atoms with Gasteiger partial charge in [0.2, 0.25) is 5.91 Å². The van der Waals surface area contributed by atoms with Crippen LogP contribution in [0.15, 0.2) is 48.7 Å². The maximum atomic E-state index is 12.2. The molecule has 25 heavy (non-hydrogen) atoms. The molecule has 1 aromatic heterocycles. The highest BCUT2D eigenvalue weighted by molar-refractivity contribution is 5.92. The molecule has 1 fully saturated rings. The molecule has 2 N–H and O–H groups in total. The summed E-state index contributed by atoms with van der Waals surface area (Å²) in [5, 5.41) is 13.4. The van der Waals surface area contributed by atoms with Crippen molar-refractivity contribution in [1.82, 2.24) is 9.88 Å². The van der Waals surface area contributed by atoms with Crippen molar-refractivity contribution in [2.45, 2.75) is 25.9 Å². The average molecular weight is 339 g/mol. The number of pyridine rings is 1. The van der Waals surface area contributed by atoms with Gasteiger partial charge in [-0.3, -0.25) is 14.7 Å². The smallest absolute Gasteiger partial charge is 0.238 e. The van der Waals surface area contributed by atoms with Gasteiger partial charge in [0.15, 0.2) is 0 Å². The number of carbonyl (C=O) groups excluding carboxylic acids is 1. The van der Waals surface area contributed by atoms with Crippen molar-refractivity contribution in [2.75, 3.05) is 25.0 Å². The van der Waals surface area contributed by atoms with E-state index < -0.39 is 6.10 Å². The van der Waals surface area contributed by atoms with Crippen LogP contribution in [0.5, 0.6) is 0 Å². The van der Waals surface area contributed by atoms with Crippen molar-refractivity contribution in [3.8, 4) is 0 Å². The Hall–Kier alpha value is -2.24. The van der Waals surface area contributed by atoms with Crippen molar-refractivity contribution < 1.29 is 9.90 Å². The van der Waals surface area contributed by atoms with Crippen LogP contribution < -0.4 is 5.32 Å². The van der Waals surface area contributed by atoms with Gasteiger partial charge in [0, 0.05) is 11.9 Å². The summed E-state index contributed by atoms with van der Waals surface area (Å²) in [7, 11) is 0. The molecule has 0 saturated carbocycles. The largest absolute Gasteiger partial charge is 0.387 e. The number of aryl methyl sites for hydroxylation is 1. The highest BCUT2D eigenvalue weighted by atomic mass is 16.3. The van der Waals surface area contributed by atoms with Crippen LogP contribution in [0.3, 0.4) is 0 Å². The zero-order valence-corrected chi connectivity index (χ0v) is 14.6. The molecule has 1 aliphatic rings. The number of piperidine rings is 1. The van der Waals surface area contributed by atoms with E-state index in [2.05, 4.69) is 15.2 Å². The number of aliphatic hydroxyl groups is 1. The van der Waals surface area contributed by atoms with Crippen LogP contribution in [0.1, 0.15) is 30.2 Å². The zero-order chi connectivity index (χ0) is 17.6. The number of likely N-dealkylation sites (tertiary alicyclic amines) is 1. The van der Waals surface area contributed by atoms with E-state index in [1.54, 1.807) is 6.20 Å². The molecule has 1 atom stereocenters. The summed E-state index contributed by atoms with van der Waals surface area (Å²) in [6.07, 6.45) is 2.93. The molecule has 0 radical (unpaired) electrons. The Morgan fingerprint density at radius 1 is 1.24 bits per heavy atom. The third-order valence-corrected chi connectivity index (χ3v) is 4.77. The van der Waals surface area contributed by atoms with Crippen LogP contribution in [0.25, 0.3) is 0 Å². The first-order valence-corrected chi connectivity index (χ1v) is 8.79.